The van der Waals surface area contributed by atoms with E-state index < -0.39 is 0 Å². The summed E-state index contributed by atoms with van der Waals surface area (Å²) in [4.78, 5) is 19.8. The predicted molar refractivity (Wildman–Crippen MR) is 139 cm³/mol. The Morgan fingerprint density at radius 3 is 2.50 bits per heavy atom. The van der Waals surface area contributed by atoms with Crippen molar-refractivity contribution in [1.82, 2.24) is 20.4 Å². The lowest BCUT2D eigenvalue weighted by molar-refractivity contribution is -0.113. The predicted octanol–water partition coefficient (Wildman–Crippen LogP) is 6.03. The van der Waals surface area contributed by atoms with Gasteiger partial charge in [0.1, 0.15) is 6.29 Å². The summed E-state index contributed by atoms with van der Waals surface area (Å²) in [5.41, 5.74) is 9.31. The molecule has 0 amide bonds. The Hall–Kier alpha value is -3.64. The van der Waals surface area contributed by atoms with Crippen molar-refractivity contribution in [3.8, 4) is 34.0 Å². The molecule has 6 heteroatoms. The molecule has 6 rings (SSSR count). The minimum absolute atomic E-state index is 0.236. The van der Waals surface area contributed by atoms with Crippen molar-refractivity contribution in [2.24, 2.45) is 5.92 Å². The molecule has 1 saturated carbocycles. The Labute approximate surface area is 211 Å². The molecular formula is C30H30N4O2. The Morgan fingerprint density at radius 1 is 0.972 bits per heavy atom. The lowest BCUT2D eigenvalue weighted by Gasteiger charge is -2.37. The van der Waals surface area contributed by atoms with E-state index >= 15 is 0 Å². The molecule has 36 heavy (non-hydrogen) atoms. The highest BCUT2D eigenvalue weighted by Crippen LogP contribution is 2.36. The number of nitrogens with one attached hydrogen (secondary N) is 1. The number of benzene rings is 2. The SMILES string of the molecule is Cc1cc(-c2nc(-c3ccc4c(c3)CCCC4N[C@H]3C[C@H](C=O)C3)no2)cc(C)c1-c1ccncc1. The Morgan fingerprint density at radius 2 is 1.75 bits per heavy atom. The Balaban J connectivity index is 1.24. The molecule has 2 aromatic carbocycles. The van der Waals surface area contributed by atoms with E-state index in [-0.39, 0.29) is 5.92 Å². The lowest BCUT2D eigenvalue weighted by atomic mass is 9.79. The highest BCUT2D eigenvalue weighted by molar-refractivity contribution is 5.75. The van der Waals surface area contributed by atoms with Gasteiger partial charge in [-0.3, -0.25) is 4.98 Å². The summed E-state index contributed by atoms with van der Waals surface area (Å²) < 4.78 is 5.71. The van der Waals surface area contributed by atoms with Gasteiger partial charge in [0.2, 0.25) is 5.82 Å². The summed E-state index contributed by atoms with van der Waals surface area (Å²) in [5, 5.41) is 8.09. The molecule has 0 bridgehead atoms. The number of rotatable bonds is 6. The van der Waals surface area contributed by atoms with Crippen LogP contribution >= 0.6 is 0 Å². The number of hydrogen-bond acceptors (Lipinski definition) is 6. The van der Waals surface area contributed by atoms with Crippen LogP contribution in [0.15, 0.2) is 59.4 Å². The van der Waals surface area contributed by atoms with Crippen molar-refractivity contribution < 1.29 is 9.32 Å². The number of nitrogens with zero attached hydrogens (tertiary/aromatic N) is 3. The van der Waals surface area contributed by atoms with Crippen molar-refractivity contribution in [2.45, 2.75) is 58.0 Å². The molecule has 2 aliphatic rings. The molecule has 2 aromatic heterocycles. The average Bonchev–Trinajstić information content (AvgIpc) is 3.36. The van der Waals surface area contributed by atoms with E-state index in [0.717, 1.165) is 66.2 Å². The zero-order valence-corrected chi connectivity index (χ0v) is 20.7. The molecule has 1 unspecified atom stereocenters. The Bertz CT molecular complexity index is 1380. The zero-order chi connectivity index (χ0) is 24.6. The normalized spacial score (nSPS) is 21.0. The molecule has 0 aliphatic heterocycles. The van der Waals surface area contributed by atoms with E-state index in [2.05, 4.69) is 59.6 Å². The zero-order valence-electron chi connectivity index (χ0n) is 20.7. The third-order valence-electron chi connectivity index (χ3n) is 7.69. The van der Waals surface area contributed by atoms with Gasteiger partial charge in [-0.05, 0) is 110 Å². The van der Waals surface area contributed by atoms with Gasteiger partial charge in [0.15, 0.2) is 0 Å². The van der Waals surface area contributed by atoms with Gasteiger partial charge >= 0.3 is 0 Å². The number of aryl methyl sites for hydroxylation is 3. The van der Waals surface area contributed by atoms with Crippen LogP contribution in [0, 0.1) is 19.8 Å². The van der Waals surface area contributed by atoms with Gasteiger partial charge in [-0.2, -0.15) is 4.98 Å². The van der Waals surface area contributed by atoms with Gasteiger partial charge in [0.25, 0.3) is 5.89 Å². The van der Waals surface area contributed by atoms with Crippen LogP contribution in [0.25, 0.3) is 34.0 Å². The summed E-state index contributed by atoms with van der Waals surface area (Å²) in [7, 11) is 0. The first-order chi connectivity index (χ1) is 17.6. The molecule has 0 spiro atoms. The lowest BCUT2D eigenvalue weighted by Crippen LogP contribution is -2.44. The molecule has 1 fully saturated rings. The first-order valence-electron chi connectivity index (χ1n) is 12.8. The standard InChI is InChI=1S/C30H30N4O2/c1-18-12-24(13-19(2)28(18)21-8-10-31-11-9-21)30-33-29(34-36-30)23-6-7-26-22(16-23)4-3-5-27(26)32-25-14-20(15-25)17-35/h6-13,16-17,20,25,27,32H,3-5,14-15H2,1-2H3/t20-,25-,27?. The van der Waals surface area contributed by atoms with Crippen LogP contribution in [-0.2, 0) is 11.2 Å². The molecule has 2 aliphatic carbocycles. The van der Waals surface area contributed by atoms with Crippen LogP contribution in [0.3, 0.4) is 0 Å². The second kappa shape index (κ2) is 9.43. The third kappa shape index (κ3) is 4.26. The fourth-order valence-corrected chi connectivity index (χ4v) is 5.84. The summed E-state index contributed by atoms with van der Waals surface area (Å²) in [5.74, 6) is 1.38. The fourth-order valence-electron chi connectivity index (χ4n) is 5.84. The number of carbonyl (C=O) groups is 1. The highest BCUT2D eigenvalue weighted by atomic mass is 16.5. The summed E-state index contributed by atoms with van der Waals surface area (Å²) in [6, 6.07) is 15.6. The number of hydrogen-bond donors (Lipinski definition) is 1. The molecule has 0 saturated heterocycles. The largest absolute Gasteiger partial charge is 0.334 e. The van der Waals surface area contributed by atoms with Crippen molar-refractivity contribution in [1.29, 1.82) is 0 Å². The second-order valence-electron chi connectivity index (χ2n) is 10.2. The number of fused-ring (bicyclic) bond motifs is 1. The Kier molecular flexibility index (Phi) is 5.97. The van der Waals surface area contributed by atoms with Crippen LogP contribution in [0.1, 0.15) is 54.0 Å². The van der Waals surface area contributed by atoms with Crippen molar-refractivity contribution >= 4 is 6.29 Å². The number of aldehydes is 1. The maximum absolute atomic E-state index is 10.9. The molecule has 0 radical (unpaired) electrons. The van der Waals surface area contributed by atoms with Crippen LogP contribution < -0.4 is 5.32 Å². The molecule has 2 heterocycles. The third-order valence-corrected chi connectivity index (χ3v) is 7.69. The topological polar surface area (TPSA) is 80.9 Å². The van der Waals surface area contributed by atoms with Crippen molar-refractivity contribution in [3.05, 3.63) is 77.1 Å². The molecule has 6 nitrogen and oxygen atoms in total. The summed E-state index contributed by atoms with van der Waals surface area (Å²) in [6.45, 7) is 4.22. The second-order valence-corrected chi connectivity index (χ2v) is 10.2. The first-order valence-corrected chi connectivity index (χ1v) is 12.8. The maximum Gasteiger partial charge on any atom is 0.258 e. The van der Waals surface area contributed by atoms with E-state index in [1.165, 1.54) is 16.7 Å². The summed E-state index contributed by atoms with van der Waals surface area (Å²) >= 11 is 0. The monoisotopic (exact) mass is 478 g/mol. The van der Waals surface area contributed by atoms with Crippen LogP contribution in [0.2, 0.25) is 0 Å². The van der Waals surface area contributed by atoms with E-state index in [9.17, 15) is 4.79 Å². The van der Waals surface area contributed by atoms with Gasteiger partial charge in [-0.1, -0.05) is 17.3 Å². The number of pyridine rings is 1. The molecule has 4 aromatic rings. The van der Waals surface area contributed by atoms with Gasteiger partial charge in [-0.15, -0.1) is 0 Å². The van der Waals surface area contributed by atoms with Gasteiger partial charge in [-0.25, -0.2) is 0 Å². The summed E-state index contributed by atoms with van der Waals surface area (Å²) in [6.07, 6.45) is 9.99. The number of carbonyl (C=O) groups excluding carboxylic acids is 1. The van der Waals surface area contributed by atoms with Gasteiger partial charge in [0.05, 0.1) is 0 Å². The van der Waals surface area contributed by atoms with Crippen LogP contribution in [-0.4, -0.2) is 27.5 Å². The molecule has 1 N–H and O–H groups in total. The van der Waals surface area contributed by atoms with E-state index in [0.29, 0.717) is 23.8 Å². The fraction of sp³-hybridized carbons (Fsp3) is 0.333. The number of aromatic nitrogens is 3. The van der Waals surface area contributed by atoms with E-state index in [4.69, 9.17) is 9.51 Å². The smallest absolute Gasteiger partial charge is 0.258 e. The average molecular weight is 479 g/mol. The minimum Gasteiger partial charge on any atom is -0.334 e. The van der Waals surface area contributed by atoms with Gasteiger partial charge in [0, 0.05) is 41.5 Å². The minimum atomic E-state index is 0.236. The highest BCUT2D eigenvalue weighted by Gasteiger charge is 2.32. The molecule has 1 atom stereocenters. The van der Waals surface area contributed by atoms with Crippen LogP contribution in [0.4, 0.5) is 0 Å². The van der Waals surface area contributed by atoms with E-state index in [1.807, 2.05) is 24.5 Å². The van der Waals surface area contributed by atoms with Crippen LogP contribution in [0.5, 0.6) is 0 Å². The maximum atomic E-state index is 10.9. The molecular weight excluding hydrogens is 448 g/mol. The quantitative estimate of drug-likeness (QED) is 0.341. The van der Waals surface area contributed by atoms with Crippen molar-refractivity contribution in [2.75, 3.05) is 0 Å². The molecule has 182 valence electrons. The first kappa shape index (κ1) is 22.8. The van der Waals surface area contributed by atoms with Gasteiger partial charge < -0.3 is 14.6 Å². The van der Waals surface area contributed by atoms with E-state index in [1.54, 1.807) is 0 Å². The van der Waals surface area contributed by atoms with Crippen molar-refractivity contribution in [3.63, 3.8) is 0 Å².